The number of hydrogen-bond donors (Lipinski definition) is 2. The average molecular weight is 286 g/mol. The maximum absolute atomic E-state index is 7.82. The molecule has 1 unspecified atom stereocenters. The van der Waals surface area contributed by atoms with Gasteiger partial charge in [-0.05, 0) is 50.9 Å². The molecule has 1 aromatic rings. The molecule has 2 saturated heterocycles. The van der Waals surface area contributed by atoms with E-state index in [1.807, 2.05) is 12.1 Å². The number of aryl methyl sites for hydroxylation is 1. The van der Waals surface area contributed by atoms with Gasteiger partial charge in [0.2, 0.25) is 0 Å². The van der Waals surface area contributed by atoms with E-state index in [9.17, 15) is 0 Å². The summed E-state index contributed by atoms with van der Waals surface area (Å²) in [6, 6.07) is 6.76. The second-order valence-electron chi connectivity index (χ2n) is 6.37. The van der Waals surface area contributed by atoms with Crippen molar-refractivity contribution in [1.82, 2.24) is 4.90 Å². The number of nitrogens with two attached hydrogens (primary N) is 1. The molecule has 4 heteroatoms. The first-order valence-electron chi connectivity index (χ1n) is 8.10. The molecule has 2 aliphatic heterocycles. The molecule has 2 fully saturated rings. The van der Waals surface area contributed by atoms with Crippen molar-refractivity contribution in [3.05, 3.63) is 29.3 Å². The number of para-hydroxylation sites is 1. The third-order valence-corrected chi connectivity index (χ3v) is 4.91. The molecule has 0 spiro atoms. The summed E-state index contributed by atoms with van der Waals surface area (Å²) in [6.07, 6.45) is 5.31. The normalized spacial score (nSPS) is 23.5. The quantitative estimate of drug-likeness (QED) is 0.662. The van der Waals surface area contributed by atoms with Crippen molar-refractivity contribution in [1.29, 1.82) is 5.41 Å². The lowest BCUT2D eigenvalue weighted by Crippen LogP contribution is -2.41. The highest BCUT2D eigenvalue weighted by molar-refractivity contribution is 6.01. The van der Waals surface area contributed by atoms with Gasteiger partial charge in [-0.1, -0.05) is 18.6 Å². The zero-order valence-corrected chi connectivity index (χ0v) is 12.9. The van der Waals surface area contributed by atoms with Crippen LogP contribution in [0.25, 0.3) is 0 Å². The van der Waals surface area contributed by atoms with E-state index in [2.05, 4.69) is 22.8 Å². The number of piperidine rings is 1. The lowest BCUT2D eigenvalue weighted by atomic mass is 10.1. The molecular formula is C17H26N4. The maximum Gasteiger partial charge on any atom is 0.124 e. The number of nitrogen functional groups attached to an aromatic ring is 1. The Labute approximate surface area is 127 Å². The smallest absolute Gasteiger partial charge is 0.124 e. The Hall–Kier alpha value is -1.55. The van der Waals surface area contributed by atoms with E-state index in [-0.39, 0.29) is 5.84 Å². The minimum absolute atomic E-state index is 0.176. The molecule has 0 radical (unpaired) electrons. The highest BCUT2D eigenvalue weighted by Gasteiger charge is 2.30. The zero-order chi connectivity index (χ0) is 14.8. The Morgan fingerprint density at radius 2 is 1.95 bits per heavy atom. The summed E-state index contributed by atoms with van der Waals surface area (Å²) in [4.78, 5) is 5.10. The predicted molar refractivity (Wildman–Crippen MR) is 88.2 cm³/mol. The van der Waals surface area contributed by atoms with E-state index < -0.39 is 0 Å². The van der Waals surface area contributed by atoms with Crippen LogP contribution in [0.4, 0.5) is 5.69 Å². The van der Waals surface area contributed by atoms with Gasteiger partial charge in [-0.25, -0.2) is 0 Å². The van der Waals surface area contributed by atoms with Crippen molar-refractivity contribution >= 4 is 11.5 Å². The first-order valence-corrected chi connectivity index (χ1v) is 8.10. The molecule has 0 saturated carbocycles. The van der Waals surface area contributed by atoms with Crippen LogP contribution in [0.2, 0.25) is 0 Å². The summed E-state index contributed by atoms with van der Waals surface area (Å²) in [5.74, 6) is 0.176. The van der Waals surface area contributed by atoms with Gasteiger partial charge in [0.1, 0.15) is 5.84 Å². The summed E-state index contributed by atoms with van der Waals surface area (Å²) >= 11 is 0. The fourth-order valence-electron chi connectivity index (χ4n) is 3.82. The molecule has 2 aliphatic rings. The summed E-state index contributed by atoms with van der Waals surface area (Å²) in [7, 11) is 0. The molecule has 3 N–H and O–H groups in total. The van der Waals surface area contributed by atoms with E-state index >= 15 is 0 Å². The number of amidine groups is 1. The van der Waals surface area contributed by atoms with Crippen LogP contribution in [-0.4, -0.2) is 43.0 Å². The van der Waals surface area contributed by atoms with Crippen molar-refractivity contribution in [2.75, 3.05) is 31.1 Å². The van der Waals surface area contributed by atoms with Gasteiger partial charge < -0.3 is 10.6 Å². The van der Waals surface area contributed by atoms with Gasteiger partial charge in [-0.3, -0.25) is 10.3 Å². The molecule has 114 valence electrons. The van der Waals surface area contributed by atoms with Crippen LogP contribution < -0.4 is 10.6 Å². The number of benzene rings is 1. The molecule has 0 aliphatic carbocycles. The van der Waals surface area contributed by atoms with Crippen LogP contribution in [0.15, 0.2) is 18.2 Å². The van der Waals surface area contributed by atoms with Crippen molar-refractivity contribution in [2.45, 2.75) is 38.6 Å². The first kappa shape index (κ1) is 14.4. The van der Waals surface area contributed by atoms with Gasteiger partial charge in [-0.2, -0.15) is 0 Å². The fourth-order valence-corrected chi connectivity index (χ4v) is 3.82. The summed E-state index contributed by atoms with van der Waals surface area (Å²) in [6.45, 7) is 6.78. The zero-order valence-electron chi connectivity index (χ0n) is 12.9. The van der Waals surface area contributed by atoms with Gasteiger partial charge in [0.15, 0.2) is 0 Å². The number of nitrogens with zero attached hydrogens (tertiary/aromatic N) is 2. The van der Waals surface area contributed by atoms with Crippen molar-refractivity contribution in [2.24, 2.45) is 5.73 Å². The largest absolute Gasteiger partial charge is 0.384 e. The summed E-state index contributed by atoms with van der Waals surface area (Å²) in [5, 5.41) is 7.82. The van der Waals surface area contributed by atoms with Gasteiger partial charge in [0.05, 0.1) is 5.69 Å². The summed E-state index contributed by atoms with van der Waals surface area (Å²) < 4.78 is 0. The predicted octanol–water partition coefficient (Wildman–Crippen LogP) is 2.34. The van der Waals surface area contributed by atoms with Gasteiger partial charge in [0, 0.05) is 24.7 Å². The van der Waals surface area contributed by atoms with E-state index in [0.717, 1.165) is 18.7 Å². The standard InChI is InChI=1S/C17H26N4/c1-13-6-5-7-15(17(18)19)16(13)21-11-8-14(12-21)20-9-3-2-4-10-20/h5-7,14H,2-4,8-12H2,1H3,(H3,18,19). The number of nitrogens with one attached hydrogen (secondary N) is 1. The van der Waals surface area contributed by atoms with Crippen LogP contribution in [0.1, 0.15) is 36.8 Å². The van der Waals surface area contributed by atoms with Crippen LogP contribution in [0, 0.1) is 12.3 Å². The number of rotatable bonds is 3. The monoisotopic (exact) mass is 286 g/mol. The maximum atomic E-state index is 7.82. The van der Waals surface area contributed by atoms with Crippen molar-refractivity contribution in [3.8, 4) is 0 Å². The molecule has 4 nitrogen and oxygen atoms in total. The highest BCUT2D eigenvalue weighted by atomic mass is 15.3. The van der Waals surface area contributed by atoms with Gasteiger partial charge >= 0.3 is 0 Å². The van der Waals surface area contributed by atoms with Gasteiger partial charge in [-0.15, -0.1) is 0 Å². The average Bonchev–Trinajstić information content (AvgIpc) is 2.97. The van der Waals surface area contributed by atoms with Crippen LogP contribution in [0.5, 0.6) is 0 Å². The van der Waals surface area contributed by atoms with Crippen molar-refractivity contribution < 1.29 is 0 Å². The Kier molecular flexibility index (Phi) is 4.15. The molecule has 0 bridgehead atoms. The van der Waals surface area contributed by atoms with Crippen molar-refractivity contribution in [3.63, 3.8) is 0 Å². The lowest BCUT2D eigenvalue weighted by Gasteiger charge is -2.32. The molecule has 2 heterocycles. The molecule has 0 amide bonds. The molecule has 1 atom stereocenters. The first-order chi connectivity index (χ1) is 10.2. The Bertz CT molecular complexity index is 520. The third-order valence-electron chi connectivity index (χ3n) is 4.91. The van der Waals surface area contributed by atoms with E-state index in [1.165, 1.54) is 50.0 Å². The van der Waals surface area contributed by atoms with E-state index in [4.69, 9.17) is 11.1 Å². The molecule has 0 aromatic heterocycles. The van der Waals surface area contributed by atoms with Crippen LogP contribution >= 0.6 is 0 Å². The lowest BCUT2D eigenvalue weighted by molar-refractivity contribution is 0.175. The molecule has 3 rings (SSSR count). The molecular weight excluding hydrogens is 260 g/mol. The molecule has 21 heavy (non-hydrogen) atoms. The van der Waals surface area contributed by atoms with Crippen LogP contribution in [0.3, 0.4) is 0 Å². The number of anilines is 1. The Morgan fingerprint density at radius 1 is 1.19 bits per heavy atom. The van der Waals surface area contributed by atoms with E-state index in [1.54, 1.807) is 0 Å². The second-order valence-corrected chi connectivity index (χ2v) is 6.37. The topological polar surface area (TPSA) is 56.4 Å². The highest BCUT2D eigenvalue weighted by Crippen LogP contribution is 2.30. The van der Waals surface area contributed by atoms with Gasteiger partial charge in [0.25, 0.3) is 0 Å². The summed E-state index contributed by atoms with van der Waals surface area (Å²) in [5.41, 5.74) is 9.05. The third kappa shape index (κ3) is 2.91. The minimum atomic E-state index is 0.176. The van der Waals surface area contributed by atoms with Crippen LogP contribution in [-0.2, 0) is 0 Å². The molecule has 1 aromatic carbocycles. The Morgan fingerprint density at radius 3 is 2.67 bits per heavy atom. The number of hydrogen-bond acceptors (Lipinski definition) is 3. The number of likely N-dealkylation sites (tertiary alicyclic amines) is 1. The SMILES string of the molecule is Cc1cccc(C(=N)N)c1N1CCC(N2CCCCC2)C1. The minimum Gasteiger partial charge on any atom is -0.384 e. The Balaban J connectivity index is 1.78. The second kappa shape index (κ2) is 6.06. The van der Waals surface area contributed by atoms with E-state index in [0.29, 0.717) is 6.04 Å². The fraction of sp³-hybridized carbons (Fsp3) is 0.588.